The highest BCUT2D eigenvalue weighted by atomic mass is 16.5. The summed E-state index contributed by atoms with van der Waals surface area (Å²) in [5, 5.41) is 6.16. The van der Waals surface area contributed by atoms with E-state index in [4.69, 9.17) is 16.3 Å². The zero-order valence-electron chi connectivity index (χ0n) is 18.8. The molecule has 0 aliphatic carbocycles. The van der Waals surface area contributed by atoms with Gasteiger partial charge < -0.3 is 26.5 Å². The largest absolute Gasteiger partial charge is 0.481 e. The summed E-state index contributed by atoms with van der Waals surface area (Å²) in [6, 6.07) is 16.7. The summed E-state index contributed by atoms with van der Waals surface area (Å²) in [5.41, 5.74) is 13.5. The molecule has 0 radical (unpaired) electrons. The lowest BCUT2D eigenvalue weighted by Gasteiger charge is -2.13. The van der Waals surface area contributed by atoms with Crippen LogP contribution >= 0.6 is 0 Å². The fraction of sp³-hybridized carbons (Fsp3) is 0.250. The minimum absolute atomic E-state index is 0.202. The van der Waals surface area contributed by atoms with Gasteiger partial charge in [0, 0.05) is 30.9 Å². The molecule has 1 amide bonds. The van der Waals surface area contributed by atoms with Crippen LogP contribution < -0.4 is 32.4 Å². The number of nitrogen functional groups attached to an aromatic ring is 2. The topological polar surface area (TPSA) is 127 Å². The number of aromatic nitrogens is 1. The quantitative estimate of drug-likeness (QED) is 0.197. The number of carbonyl (C=O) groups excluding carboxylic acids is 1. The number of methoxy groups -OCH3 is 1. The number of carbonyl (C=O) groups is 1. The number of benzene rings is 2. The van der Waals surface area contributed by atoms with E-state index in [1.54, 1.807) is 31.5 Å². The molecule has 0 fully saturated rings. The fourth-order valence-electron chi connectivity index (χ4n) is 3.00. The molecule has 0 saturated heterocycles. The molecular formula is C24H32N6O2. The summed E-state index contributed by atoms with van der Waals surface area (Å²) in [7, 11) is 1.56. The van der Waals surface area contributed by atoms with E-state index in [-0.39, 0.29) is 5.91 Å². The normalized spacial score (nSPS) is 9.88. The summed E-state index contributed by atoms with van der Waals surface area (Å²) in [6.45, 7) is 5.04. The van der Waals surface area contributed by atoms with Gasteiger partial charge in [0.25, 0.3) is 5.91 Å². The molecule has 1 heterocycles. The van der Waals surface area contributed by atoms with Gasteiger partial charge in [-0.2, -0.15) is 0 Å². The number of pyridine rings is 1. The van der Waals surface area contributed by atoms with Crippen molar-refractivity contribution in [2.24, 2.45) is 5.84 Å². The van der Waals surface area contributed by atoms with Crippen LogP contribution in [0.4, 0.5) is 17.1 Å². The van der Waals surface area contributed by atoms with Crippen molar-refractivity contribution >= 4 is 23.0 Å². The summed E-state index contributed by atoms with van der Waals surface area (Å²) in [4.78, 5) is 16.5. The number of nitrogens with zero attached hydrogens (tertiary/aromatic N) is 1. The maximum absolute atomic E-state index is 12.4. The smallest absolute Gasteiger partial charge is 0.251 e. The molecule has 8 heteroatoms. The molecule has 0 bridgehead atoms. The fourth-order valence-corrected chi connectivity index (χ4v) is 3.00. The molecule has 0 aliphatic heterocycles. The zero-order chi connectivity index (χ0) is 23.3. The van der Waals surface area contributed by atoms with Crippen molar-refractivity contribution in [2.75, 3.05) is 30.1 Å². The Morgan fingerprint density at radius 2 is 1.84 bits per heavy atom. The van der Waals surface area contributed by atoms with Crippen LogP contribution in [0.15, 0.2) is 60.8 Å². The van der Waals surface area contributed by atoms with Crippen molar-refractivity contribution < 1.29 is 9.53 Å². The van der Waals surface area contributed by atoms with Crippen LogP contribution in [0.5, 0.6) is 5.88 Å². The van der Waals surface area contributed by atoms with E-state index in [2.05, 4.69) is 21.0 Å². The predicted molar refractivity (Wildman–Crippen MR) is 131 cm³/mol. The predicted octanol–water partition coefficient (Wildman–Crippen LogP) is 3.57. The number of nitrogens with two attached hydrogens (primary N) is 2. The second kappa shape index (κ2) is 12.8. The number of hydrogen-bond donors (Lipinski definition) is 5. The number of hydrogen-bond acceptors (Lipinski definition) is 7. The van der Waals surface area contributed by atoms with Crippen LogP contribution in [-0.2, 0) is 13.0 Å². The first-order valence-electron chi connectivity index (χ1n) is 10.6. The van der Waals surface area contributed by atoms with Crippen molar-refractivity contribution in [3.05, 3.63) is 77.5 Å². The second-order valence-electron chi connectivity index (χ2n) is 6.67. The van der Waals surface area contributed by atoms with E-state index in [0.717, 1.165) is 28.9 Å². The standard InChI is InChI=1S/C22H26N6O2.C2H6/c1-30-21-9-6-15(13-26-21)14-27-22(29)17-7-8-20(18(23)12-17)25-11-10-16-4-2-3-5-19(16)28-24;1-2/h2-9,12-13,25,28H,10-11,14,23-24H2,1H3,(H,27,29);1-2H3. The van der Waals surface area contributed by atoms with Gasteiger partial charge in [-0.1, -0.05) is 38.1 Å². The minimum atomic E-state index is -0.202. The number of hydrazine groups is 1. The first kappa shape index (κ1) is 24.5. The van der Waals surface area contributed by atoms with Crippen LogP contribution in [0.2, 0.25) is 0 Å². The molecule has 7 N–H and O–H groups in total. The van der Waals surface area contributed by atoms with Crippen LogP contribution in [0.25, 0.3) is 0 Å². The van der Waals surface area contributed by atoms with Gasteiger partial charge in [-0.25, -0.2) is 4.98 Å². The summed E-state index contributed by atoms with van der Waals surface area (Å²) in [5.74, 6) is 5.87. The minimum Gasteiger partial charge on any atom is -0.481 e. The molecule has 0 atom stereocenters. The highest BCUT2D eigenvalue weighted by Crippen LogP contribution is 2.21. The first-order valence-corrected chi connectivity index (χ1v) is 10.6. The van der Waals surface area contributed by atoms with Crippen molar-refractivity contribution in [3.8, 4) is 5.88 Å². The third-order valence-corrected chi connectivity index (χ3v) is 4.66. The molecule has 0 spiro atoms. The van der Waals surface area contributed by atoms with E-state index in [0.29, 0.717) is 30.2 Å². The van der Waals surface area contributed by atoms with Crippen molar-refractivity contribution in [1.29, 1.82) is 0 Å². The van der Waals surface area contributed by atoms with Gasteiger partial charge in [0.2, 0.25) is 5.88 Å². The highest BCUT2D eigenvalue weighted by molar-refractivity contribution is 5.96. The Bertz CT molecular complexity index is 992. The van der Waals surface area contributed by atoms with Gasteiger partial charge >= 0.3 is 0 Å². The first-order chi connectivity index (χ1) is 15.6. The lowest BCUT2D eigenvalue weighted by atomic mass is 10.1. The Morgan fingerprint density at radius 3 is 2.50 bits per heavy atom. The molecule has 0 aliphatic rings. The van der Waals surface area contributed by atoms with E-state index < -0.39 is 0 Å². The molecule has 0 unspecified atom stereocenters. The van der Waals surface area contributed by atoms with Gasteiger partial charge in [0.1, 0.15) is 0 Å². The zero-order valence-corrected chi connectivity index (χ0v) is 18.8. The number of nitrogens with one attached hydrogen (secondary N) is 3. The van der Waals surface area contributed by atoms with Gasteiger partial charge in [-0.05, 0) is 41.8 Å². The average Bonchev–Trinajstić information content (AvgIpc) is 2.85. The van der Waals surface area contributed by atoms with Crippen LogP contribution in [0.3, 0.4) is 0 Å². The van der Waals surface area contributed by atoms with Crippen LogP contribution in [0.1, 0.15) is 35.3 Å². The molecule has 2 aromatic carbocycles. The van der Waals surface area contributed by atoms with Gasteiger partial charge in [-0.15, -0.1) is 0 Å². The maximum atomic E-state index is 12.4. The Morgan fingerprint density at radius 1 is 1.06 bits per heavy atom. The molecule has 1 aromatic heterocycles. The van der Waals surface area contributed by atoms with Gasteiger partial charge in [0.15, 0.2) is 0 Å². The molecule has 3 rings (SSSR count). The highest BCUT2D eigenvalue weighted by Gasteiger charge is 2.09. The van der Waals surface area contributed by atoms with E-state index >= 15 is 0 Å². The van der Waals surface area contributed by atoms with Crippen molar-refractivity contribution in [2.45, 2.75) is 26.8 Å². The summed E-state index contributed by atoms with van der Waals surface area (Å²) >= 11 is 0. The lowest BCUT2D eigenvalue weighted by Crippen LogP contribution is -2.23. The lowest BCUT2D eigenvalue weighted by molar-refractivity contribution is 0.0951. The van der Waals surface area contributed by atoms with Crippen LogP contribution in [0, 0.1) is 0 Å². The Kier molecular flexibility index (Phi) is 9.80. The number of amides is 1. The van der Waals surface area contributed by atoms with E-state index in [1.165, 1.54) is 0 Å². The Labute approximate surface area is 189 Å². The summed E-state index contributed by atoms with van der Waals surface area (Å²) in [6.07, 6.45) is 2.44. The van der Waals surface area contributed by atoms with Crippen molar-refractivity contribution in [1.82, 2.24) is 10.3 Å². The molecule has 0 saturated carbocycles. The Hall–Kier alpha value is -3.78. The van der Waals surface area contributed by atoms with Gasteiger partial charge in [0.05, 0.1) is 24.2 Å². The van der Waals surface area contributed by atoms with Gasteiger partial charge in [-0.3, -0.25) is 10.6 Å². The third kappa shape index (κ3) is 6.88. The van der Waals surface area contributed by atoms with Crippen molar-refractivity contribution in [3.63, 3.8) is 0 Å². The average molecular weight is 437 g/mol. The Balaban J connectivity index is 0.00000176. The maximum Gasteiger partial charge on any atom is 0.251 e. The SMILES string of the molecule is CC.COc1ccc(CNC(=O)c2ccc(NCCc3ccccc3NN)c(N)c2)cn1. The molecule has 8 nitrogen and oxygen atoms in total. The monoisotopic (exact) mass is 436 g/mol. The second-order valence-corrected chi connectivity index (χ2v) is 6.67. The number of anilines is 3. The molecular weight excluding hydrogens is 404 g/mol. The van der Waals surface area contributed by atoms with E-state index in [1.807, 2.05) is 50.2 Å². The number of para-hydroxylation sites is 1. The number of rotatable bonds is 9. The molecule has 32 heavy (non-hydrogen) atoms. The number of ether oxygens (including phenoxy) is 1. The van der Waals surface area contributed by atoms with E-state index in [9.17, 15) is 4.79 Å². The summed E-state index contributed by atoms with van der Waals surface area (Å²) < 4.78 is 5.03. The third-order valence-electron chi connectivity index (χ3n) is 4.66. The molecule has 3 aromatic rings. The molecule has 170 valence electrons. The van der Waals surface area contributed by atoms with Crippen LogP contribution in [-0.4, -0.2) is 24.5 Å².